The molecule has 0 bridgehead atoms. The van der Waals surface area contributed by atoms with E-state index in [9.17, 15) is 4.79 Å². The normalized spacial score (nSPS) is 14.9. The molecule has 1 aromatic heterocycles. The lowest BCUT2D eigenvalue weighted by atomic mass is 10.1. The van der Waals surface area contributed by atoms with Crippen molar-refractivity contribution in [3.05, 3.63) is 46.8 Å². The number of anilines is 2. The Morgan fingerprint density at radius 1 is 1.04 bits per heavy atom. The molecule has 0 unspecified atom stereocenters. The highest BCUT2D eigenvalue weighted by molar-refractivity contribution is 6.03. The fourth-order valence-corrected chi connectivity index (χ4v) is 3.15. The molecule has 1 amide bonds. The molecule has 2 aromatic rings. The molecule has 0 radical (unpaired) electrons. The summed E-state index contributed by atoms with van der Waals surface area (Å²) in [6.45, 7) is 7.89. The zero-order valence-electron chi connectivity index (χ0n) is 15.3. The van der Waals surface area contributed by atoms with Crippen LogP contribution in [0.3, 0.4) is 0 Å². The van der Waals surface area contributed by atoms with Crippen molar-refractivity contribution in [2.24, 2.45) is 0 Å². The van der Waals surface area contributed by atoms with Crippen LogP contribution >= 0.6 is 0 Å². The second-order valence-corrected chi connectivity index (χ2v) is 6.80. The Bertz CT molecular complexity index is 764. The molecule has 5 nitrogen and oxygen atoms in total. The highest BCUT2D eigenvalue weighted by Crippen LogP contribution is 2.20. The molecule has 0 atom stereocenters. The summed E-state index contributed by atoms with van der Waals surface area (Å²) < 4.78 is 0. The summed E-state index contributed by atoms with van der Waals surface area (Å²) in [4.78, 5) is 24.0. The molecule has 1 aromatic carbocycles. The molecule has 1 saturated heterocycles. The molecule has 3 rings (SSSR count). The first-order valence-corrected chi connectivity index (χ1v) is 9.03. The third-order valence-electron chi connectivity index (χ3n) is 4.82. The van der Waals surface area contributed by atoms with Crippen LogP contribution < -0.4 is 10.2 Å². The largest absolute Gasteiger partial charge is 0.341 e. The molecule has 1 aliphatic heterocycles. The maximum atomic E-state index is 12.7. The second-order valence-electron chi connectivity index (χ2n) is 6.80. The van der Waals surface area contributed by atoms with E-state index in [1.54, 1.807) is 6.07 Å². The molecule has 1 fully saturated rings. The van der Waals surface area contributed by atoms with Crippen molar-refractivity contribution in [3.63, 3.8) is 0 Å². The number of nitrogens with one attached hydrogen (secondary N) is 1. The van der Waals surface area contributed by atoms with E-state index in [2.05, 4.69) is 20.2 Å². The van der Waals surface area contributed by atoms with Gasteiger partial charge in [0.1, 0.15) is 5.69 Å². The maximum Gasteiger partial charge on any atom is 0.274 e. The summed E-state index contributed by atoms with van der Waals surface area (Å²) in [5, 5.41) is 2.99. The van der Waals surface area contributed by atoms with E-state index in [0.29, 0.717) is 11.6 Å². The average Bonchev–Trinajstić information content (AvgIpc) is 2.88. The zero-order valence-corrected chi connectivity index (χ0v) is 15.3. The van der Waals surface area contributed by atoms with Gasteiger partial charge in [0.05, 0.1) is 0 Å². The number of nitrogens with zero attached hydrogens (tertiary/aromatic N) is 3. The fourth-order valence-electron chi connectivity index (χ4n) is 3.15. The van der Waals surface area contributed by atoms with E-state index >= 15 is 0 Å². The lowest BCUT2D eigenvalue weighted by Crippen LogP contribution is -2.27. The van der Waals surface area contributed by atoms with Gasteiger partial charge in [0.15, 0.2) is 0 Å². The van der Waals surface area contributed by atoms with Crippen LogP contribution in [0.1, 0.15) is 53.0 Å². The number of benzene rings is 1. The van der Waals surface area contributed by atoms with Crippen molar-refractivity contribution in [2.75, 3.05) is 23.3 Å². The van der Waals surface area contributed by atoms with Crippen LogP contribution in [0, 0.1) is 20.8 Å². The van der Waals surface area contributed by atoms with Gasteiger partial charge < -0.3 is 10.2 Å². The predicted molar refractivity (Wildman–Crippen MR) is 101 cm³/mol. The number of carbonyl (C=O) groups excluding carboxylic acids is 1. The van der Waals surface area contributed by atoms with Gasteiger partial charge in [-0.1, -0.05) is 25.0 Å². The molecule has 2 heterocycles. The summed E-state index contributed by atoms with van der Waals surface area (Å²) in [6.07, 6.45) is 4.81. The van der Waals surface area contributed by atoms with Gasteiger partial charge in [-0.2, -0.15) is 0 Å². The van der Waals surface area contributed by atoms with E-state index in [0.717, 1.165) is 48.4 Å². The van der Waals surface area contributed by atoms with Gasteiger partial charge in [-0.25, -0.2) is 9.97 Å². The zero-order chi connectivity index (χ0) is 17.8. The maximum absolute atomic E-state index is 12.7. The molecule has 5 heteroatoms. The number of aromatic nitrogens is 2. The van der Waals surface area contributed by atoms with Crippen molar-refractivity contribution in [1.29, 1.82) is 0 Å². The molecule has 0 spiro atoms. The van der Waals surface area contributed by atoms with Crippen molar-refractivity contribution in [2.45, 2.75) is 46.5 Å². The Labute approximate surface area is 149 Å². The number of amides is 1. The van der Waals surface area contributed by atoms with E-state index in [4.69, 9.17) is 0 Å². The Kier molecular flexibility index (Phi) is 5.31. The van der Waals surface area contributed by atoms with Gasteiger partial charge in [-0.3, -0.25) is 4.79 Å². The van der Waals surface area contributed by atoms with E-state index < -0.39 is 0 Å². The van der Waals surface area contributed by atoms with E-state index in [-0.39, 0.29) is 5.91 Å². The molecule has 1 N–H and O–H groups in total. The van der Waals surface area contributed by atoms with Crippen LogP contribution in [0.15, 0.2) is 24.3 Å². The highest BCUT2D eigenvalue weighted by atomic mass is 16.1. The second kappa shape index (κ2) is 7.64. The summed E-state index contributed by atoms with van der Waals surface area (Å²) in [5.74, 6) is 0.489. The minimum Gasteiger partial charge on any atom is -0.341 e. The Balaban J connectivity index is 1.83. The van der Waals surface area contributed by atoms with Crippen molar-refractivity contribution < 1.29 is 4.79 Å². The first-order valence-electron chi connectivity index (χ1n) is 9.03. The minimum absolute atomic E-state index is 0.185. The summed E-state index contributed by atoms with van der Waals surface area (Å²) >= 11 is 0. The predicted octanol–water partition coefficient (Wildman–Crippen LogP) is 4.03. The van der Waals surface area contributed by atoms with Crippen molar-refractivity contribution in [3.8, 4) is 0 Å². The van der Waals surface area contributed by atoms with Crippen LogP contribution in [-0.4, -0.2) is 29.0 Å². The standard InChI is InChI=1S/C20H26N4O/c1-14-9-8-10-17(16(14)3)22-19(25)18-13-15(2)21-20(23-18)24-11-6-4-5-7-12-24/h8-10,13H,4-7,11-12H2,1-3H3,(H,22,25). The summed E-state index contributed by atoms with van der Waals surface area (Å²) in [5.41, 5.74) is 4.31. The Morgan fingerprint density at radius 2 is 1.76 bits per heavy atom. The van der Waals surface area contributed by atoms with E-state index in [1.807, 2.05) is 39.0 Å². The smallest absolute Gasteiger partial charge is 0.274 e. The van der Waals surface area contributed by atoms with Crippen LogP contribution in [-0.2, 0) is 0 Å². The van der Waals surface area contributed by atoms with Crippen LogP contribution in [0.25, 0.3) is 0 Å². The van der Waals surface area contributed by atoms with Gasteiger partial charge in [-0.15, -0.1) is 0 Å². The average molecular weight is 338 g/mol. The number of hydrogen-bond acceptors (Lipinski definition) is 4. The number of rotatable bonds is 3. The Hall–Kier alpha value is -2.43. The quantitative estimate of drug-likeness (QED) is 0.918. The minimum atomic E-state index is -0.185. The highest BCUT2D eigenvalue weighted by Gasteiger charge is 2.17. The van der Waals surface area contributed by atoms with Crippen LogP contribution in [0.4, 0.5) is 11.6 Å². The monoisotopic (exact) mass is 338 g/mol. The molecular weight excluding hydrogens is 312 g/mol. The van der Waals surface area contributed by atoms with Gasteiger partial charge in [0.25, 0.3) is 5.91 Å². The SMILES string of the molecule is Cc1cc(C(=O)Nc2cccc(C)c2C)nc(N2CCCCCC2)n1. The molecule has 0 aliphatic carbocycles. The summed E-state index contributed by atoms with van der Waals surface area (Å²) in [7, 11) is 0. The van der Waals surface area contributed by atoms with Crippen LogP contribution in [0.5, 0.6) is 0 Å². The molecule has 25 heavy (non-hydrogen) atoms. The fraction of sp³-hybridized carbons (Fsp3) is 0.450. The topological polar surface area (TPSA) is 58.1 Å². The molecule has 0 saturated carbocycles. The van der Waals surface area contributed by atoms with Gasteiger partial charge in [0.2, 0.25) is 5.95 Å². The lowest BCUT2D eigenvalue weighted by molar-refractivity contribution is 0.102. The number of hydrogen-bond donors (Lipinski definition) is 1. The van der Waals surface area contributed by atoms with Gasteiger partial charge in [0, 0.05) is 24.5 Å². The van der Waals surface area contributed by atoms with Crippen LogP contribution in [0.2, 0.25) is 0 Å². The first kappa shape index (κ1) is 17.4. The first-order chi connectivity index (χ1) is 12.0. The third-order valence-corrected chi connectivity index (χ3v) is 4.82. The third kappa shape index (κ3) is 4.16. The summed E-state index contributed by atoms with van der Waals surface area (Å²) in [6, 6.07) is 7.66. The molecular formula is C20H26N4O. The number of carbonyl (C=O) groups is 1. The molecule has 1 aliphatic rings. The van der Waals surface area contributed by atoms with Gasteiger partial charge >= 0.3 is 0 Å². The number of aryl methyl sites for hydroxylation is 2. The van der Waals surface area contributed by atoms with E-state index in [1.165, 1.54) is 12.8 Å². The Morgan fingerprint density at radius 3 is 2.48 bits per heavy atom. The lowest BCUT2D eigenvalue weighted by Gasteiger charge is -2.21. The van der Waals surface area contributed by atoms with Gasteiger partial charge in [-0.05, 0) is 56.9 Å². The van der Waals surface area contributed by atoms with Crippen molar-refractivity contribution in [1.82, 2.24) is 9.97 Å². The van der Waals surface area contributed by atoms with Crippen molar-refractivity contribution >= 4 is 17.5 Å². The molecule has 132 valence electrons.